The lowest BCUT2D eigenvalue weighted by atomic mass is 10.0. The zero-order valence-electron chi connectivity index (χ0n) is 21.3. The van der Waals surface area contributed by atoms with Gasteiger partial charge in [0.1, 0.15) is 15.8 Å². The molecule has 13 heteroatoms. The Bertz CT molecular complexity index is 1590. The molecule has 0 bridgehead atoms. The summed E-state index contributed by atoms with van der Waals surface area (Å²) in [5.74, 6) is -6.34. The highest BCUT2D eigenvalue weighted by Gasteiger charge is 2.67. The van der Waals surface area contributed by atoms with Crippen LogP contribution in [0.25, 0.3) is 0 Å². The predicted molar refractivity (Wildman–Crippen MR) is 150 cm³/mol. The monoisotopic (exact) mass is 644 g/mol. The highest BCUT2D eigenvalue weighted by atomic mass is 35.5. The Labute approximate surface area is 251 Å². The van der Waals surface area contributed by atoms with Gasteiger partial charge < -0.3 is 10.6 Å². The van der Waals surface area contributed by atoms with Crippen molar-refractivity contribution in [1.82, 2.24) is 0 Å². The second-order valence-corrected chi connectivity index (χ2v) is 11.3. The van der Waals surface area contributed by atoms with Gasteiger partial charge in [-0.3, -0.25) is 14.4 Å². The molecule has 0 spiro atoms. The summed E-state index contributed by atoms with van der Waals surface area (Å²) in [5.41, 5.74) is -1.75. The molecule has 0 unspecified atom stereocenters. The van der Waals surface area contributed by atoms with Crippen molar-refractivity contribution in [1.29, 1.82) is 0 Å². The Kier molecular flexibility index (Phi) is 9.01. The number of carbonyl (C=O) groups is 3. The van der Waals surface area contributed by atoms with Gasteiger partial charge in [-0.05, 0) is 41.5 Å². The average Bonchev–Trinajstić information content (AvgIpc) is 3.50. The second-order valence-electron chi connectivity index (χ2n) is 9.47. The molecule has 3 aromatic rings. The molecule has 1 aliphatic carbocycles. The van der Waals surface area contributed by atoms with Crippen LogP contribution in [0, 0.1) is 17.6 Å². The number of alkyl halides is 5. The van der Waals surface area contributed by atoms with E-state index in [9.17, 15) is 36.3 Å². The van der Waals surface area contributed by atoms with E-state index in [1.165, 1.54) is 36.4 Å². The number of halogens is 8. The van der Waals surface area contributed by atoms with E-state index in [0.717, 1.165) is 24.3 Å². The minimum atomic E-state index is -4.60. The molecule has 2 N–H and O–H groups in total. The molecule has 1 fully saturated rings. The van der Waals surface area contributed by atoms with E-state index < -0.39 is 69.2 Å². The molecule has 0 radical (unpaired) electrons. The van der Waals surface area contributed by atoms with Gasteiger partial charge >= 0.3 is 6.18 Å². The number of amides is 2. The standard InChI is InChI=1S/C29H20Cl3F5N2O3/c1-2-4-22(41)39-26-20(33)10-7-15(25(26)34)12-21(40)18-13-17(8-9-19(18)30)38-27(42)24-23(28(24,31)32)14-5-3-6-16(11-14)29(35,36)37/h2-3,5-11,13,23-24H,1,4,12H2,(H,38,42)(H,39,41)/t23-,24+/m0/s1. The van der Waals surface area contributed by atoms with Crippen molar-refractivity contribution in [3.8, 4) is 0 Å². The molecule has 220 valence electrons. The topological polar surface area (TPSA) is 75.3 Å². The number of hydrogen-bond acceptors (Lipinski definition) is 3. The fraction of sp³-hybridized carbons (Fsp3) is 0.207. The number of Topliss-reactive ketones (excluding diaryl/α,β-unsaturated/α-hetero) is 1. The molecule has 42 heavy (non-hydrogen) atoms. The first-order valence-corrected chi connectivity index (χ1v) is 13.3. The second kappa shape index (κ2) is 12.0. The van der Waals surface area contributed by atoms with Crippen LogP contribution in [0.4, 0.5) is 33.3 Å². The van der Waals surface area contributed by atoms with Crippen molar-refractivity contribution >= 4 is 63.8 Å². The number of rotatable bonds is 9. The Hall–Kier alpha value is -3.47. The van der Waals surface area contributed by atoms with Crippen LogP contribution < -0.4 is 10.6 Å². The largest absolute Gasteiger partial charge is 0.416 e. The number of ketones is 1. The molecule has 0 saturated heterocycles. The van der Waals surface area contributed by atoms with Crippen LogP contribution in [-0.2, 0) is 22.2 Å². The number of benzene rings is 3. The molecule has 0 aromatic heterocycles. The molecule has 2 atom stereocenters. The molecular formula is C29H20Cl3F5N2O3. The highest BCUT2D eigenvalue weighted by molar-refractivity contribution is 6.53. The summed E-state index contributed by atoms with van der Waals surface area (Å²) < 4.78 is 66.9. The first-order valence-electron chi connectivity index (χ1n) is 12.2. The molecule has 2 amide bonds. The smallest absolute Gasteiger partial charge is 0.326 e. The van der Waals surface area contributed by atoms with Gasteiger partial charge in [0.25, 0.3) is 0 Å². The lowest BCUT2D eigenvalue weighted by Crippen LogP contribution is -2.18. The van der Waals surface area contributed by atoms with Gasteiger partial charge in [-0.15, -0.1) is 29.8 Å². The van der Waals surface area contributed by atoms with Crippen molar-refractivity contribution in [3.63, 3.8) is 0 Å². The van der Waals surface area contributed by atoms with Crippen LogP contribution in [0.3, 0.4) is 0 Å². The van der Waals surface area contributed by atoms with Crippen LogP contribution in [0.1, 0.15) is 39.4 Å². The third kappa shape index (κ3) is 6.61. The summed E-state index contributed by atoms with van der Waals surface area (Å²) >= 11 is 18.7. The summed E-state index contributed by atoms with van der Waals surface area (Å²) in [6.45, 7) is 3.38. The maximum Gasteiger partial charge on any atom is 0.416 e. The number of hydrogen-bond donors (Lipinski definition) is 2. The molecule has 4 rings (SSSR count). The van der Waals surface area contributed by atoms with E-state index >= 15 is 0 Å². The van der Waals surface area contributed by atoms with Gasteiger partial charge in [0.15, 0.2) is 11.6 Å². The van der Waals surface area contributed by atoms with E-state index in [-0.39, 0.29) is 33.8 Å². The maximum atomic E-state index is 15.0. The molecule has 0 aliphatic heterocycles. The van der Waals surface area contributed by atoms with E-state index in [1.807, 2.05) is 0 Å². The predicted octanol–water partition coefficient (Wildman–Crippen LogP) is 8.10. The number of nitrogens with one attached hydrogen (secondary N) is 2. The molecule has 3 aromatic carbocycles. The SMILES string of the molecule is C=CCC(=O)Nc1c(F)ccc(CC(=O)c2cc(NC(=O)[C@H]3[C@H](c4cccc(C(F)(F)F)c4)C3(Cl)Cl)ccc2Cl)c1F. The fourth-order valence-electron chi connectivity index (χ4n) is 4.45. The molecule has 0 heterocycles. The Morgan fingerprint density at radius 2 is 1.71 bits per heavy atom. The van der Waals surface area contributed by atoms with Gasteiger partial charge in [-0.25, -0.2) is 8.78 Å². The van der Waals surface area contributed by atoms with Crippen molar-refractivity contribution in [2.45, 2.75) is 29.3 Å². The summed E-state index contributed by atoms with van der Waals surface area (Å²) in [6.07, 6.45) is -4.11. The van der Waals surface area contributed by atoms with Crippen LogP contribution in [0.2, 0.25) is 5.02 Å². The van der Waals surface area contributed by atoms with E-state index in [1.54, 1.807) is 0 Å². The molecular weight excluding hydrogens is 626 g/mol. The summed E-state index contributed by atoms with van der Waals surface area (Å²) in [7, 11) is 0. The van der Waals surface area contributed by atoms with E-state index in [2.05, 4.69) is 17.2 Å². The van der Waals surface area contributed by atoms with Crippen LogP contribution in [0.15, 0.2) is 67.3 Å². The van der Waals surface area contributed by atoms with Gasteiger partial charge in [-0.1, -0.05) is 41.9 Å². The quantitative estimate of drug-likeness (QED) is 0.107. The fourth-order valence-corrected chi connectivity index (χ4v) is 5.50. The minimum absolute atomic E-state index is 0.0303. The molecule has 1 saturated carbocycles. The van der Waals surface area contributed by atoms with Crippen molar-refractivity contribution in [2.24, 2.45) is 5.92 Å². The molecule has 1 aliphatic rings. The average molecular weight is 646 g/mol. The van der Waals surface area contributed by atoms with E-state index in [0.29, 0.717) is 0 Å². The Morgan fingerprint density at radius 1 is 1.00 bits per heavy atom. The minimum Gasteiger partial charge on any atom is -0.326 e. The third-order valence-electron chi connectivity index (χ3n) is 6.56. The first-order chi connectivity index (χ1) is 19.6. The van der Waals surface area contributed by atoms with Crippen molar-refractivity contribution in [2.75, 3.05) is 10.6 Å². The summed E-state index contributed by atoms with van der Waals surface area (Å²) in [6, 6.07) is 10.2. The van der Waals surface area contributed by atoms with Crippen molar-refractivity contribution < 1.29 is 36.3 Å². The van der Waals surface area contributed by atoms with Gasteiger partial charge in [-0.2, -0.15) is 13.2 Å². The van der Waals surface area contributed by atoms with Crippen molar-refractivity contribution in [3.05, 3.63) is 106 Å². The third-order valence-corrected chi connectivity index (χ3v) is 7.83. The first kappa shape index (κ1) is 31.5. The summed E-state index contributed by atoms with van der Waals surface area (Å²) in [5, 5.41) is 4.60. The zero-order chi connectivity index (χ0) is 31.0. The van der Waals surface area contributed by atoms with E-state index in [4.69, 9.17) is 34.8 Å². The van der Waals surface area contributed by atoms with Gasteiger partial charge in [0, 0.05) is 30.0 Å². The van der Waals surface area contributed by atoms with Gasteiger partial charge in [0.2, 0.25) is 11.8 Å². The van der Waals surface area contributed by atoms with Crippen LogP contribution in [-0.4, -0.2) is 21.9 Å². The normalized spacial score (nSPS) is 17.3. The zero-order valence-corrected chi connectivity index (χ0v) is 23.6. The number of anilines is 2. The Balaban J connectivity index is 1.51. The highest BCUT2D eigenvalue weighted by Crippen LogP contribution is 2.65. The lowest BCUT2D eigenvalue weighted by Gasteiger charge is -2.12. The van der Waals surface area contributed by atoms with Crippen LogP contribution in [0.5, 0.6) is 0 Å². The summed E-state index contributed by atoms with van der Waals surface area (Å²) in [4.78, 5) is 37.9. The Morgan fingerprint density at radius 3 is 2.38 bits per heavy atom. The molecule has 5 nitrogen and oxygen atoms in total. The maximum absolute atomic E-state index is 15.0. The van der Waals surface area contributed by atoms with Crippen LogP contribution >= 0.6 is 34.8 Å². The van der Waals surface area contributed by atoms with Gasteiger partial charge in [0.05, 0.1) is 16.5 Å². The lowest BCUT2D eigenvalue weighted by molar-refractivity contribution is -0.137. The number of carbonyl (C=O) groups excluding carboxylic acids is 3.